The second-order valence-electron chi connectivity index (χ2n) is 6.58. The van der Waals surface area contributed by atoms with Crippen LogP contribution >= 0.6 is 0 Å². The zero-order valence-electron chi connectivity index (χ0n) is 14.7. The summed E-state index contributed by atoms with van der Waals surface area (Å²) < 4.78 is 23.3. The molecule has 4 rings (SSSR count). The van der Waals surface area contributed by atoms with Gasteiger partial charge < -0.3 is 13.9 Å². The van der Waals surface area contributed by atoms with Crippen LogP contribution in [0.25, 0.3) is 11.5 Å². The third-order valence-electron chi connectivity index (χ3n) is 4.73. The number of benzene rings is 1. The Hall–Kier alpha value is -3.03. The van der Waals surface area contributed by atoms with Crippen molar-refractivity contribution < 1.29 is 18.2 Å². The minimum Gasteiger partial charge on any atom is -0.364 e. The fourth-order valence-electron chi connectivity index (χ4n) is 3.34. The van der Waals surface area contributed by atoms with Crippen LogP contribution in [0.4, 0.5) is 4.39 Å². The summed E-state index contributed by atoms with van der Waals surface area (Å²) in [6.45, 7) is 0.641. The van der Waals surface area contributed by atoms with Crippen LogP contribution in [0, 0.1) is 5.82 Å². The highest BCUT2D eigenvalue weighted by Crippen LogP contribution is 2.30. The van der Waals surface area contributed by atoms with E-state index in [2.05, 4.69) is 15.3 Å². The Kier molecular flexibility index (Phi) is 4.95. The lowest BCUT2D eigenvalue weighted by Gasteiger charge is -2.27. The van der Waals surface area contributed by atoms with Gasteiger partial charge >= 0.3 is 0 Å². The van der Waals surface area contributed by atoms with E-state index in [1.165, 1.54) is 18.4 Å². The van der Waals surface area contributed by atoms with E-state index < -0.39 is 0 Å². The molecule has 1 atom stereocenters. The number of amides is 1. The molecule has 0 bridgehead atoms. The van der Waals surface area contributed by atoms with E-state index in [4.69, 9.17) is 9.05 Å². The van der Waals surface area contributed by atoms with Gasteiger partial charge in [-0.25, -0.2) is 4.39 Å². The maximum Gasteiger partial charge on any atom is 0.258 e. The first-order valence-corrected chi connectivity index (χ1v) is 8.99. The Morgan fingerprint density at radius 2 is 2.00 bits per heavy atom. The number of rotatable bonds is 4. The Bertz CT molecular complexity index is 892. The molecule has 140 valence electrons. The van der Waals surface area contributed by atoms with Crippen LogP contribution in [-0.4, -0.2) is 32.6 Å². The lowest BCUT2D eigenvalue weighted by Crippen LogP contribution is -2.36. The fourth-order valence-corrected chi connectivity index (χ4v) is 3.34. The Morgan fingerprint density at radius 1 is 1.15 bits per heavy atom. The fraction of sp³-hybridized carbons (Fsp3) is 0.368. The van der Waals surface area contributed by atoms with Gasteiger partial charge in [0.25, 0.3) is 5.89 Å². The molecule has 1 fully saturated rings. The highest BCUT2D eigenvalue weighted by molar-refractivity contribution is 5.78. The molecule has 1 aromatic carbocycles. The first kappa shape index (κ1) is 17.4. The quantitative estimate of drug-likeness (QED) is 0.698. The highest BCUT2D eigenvalue weighted by Gasteiger charge is 2.30. The van der Waals surface area contributed by atoms with Crippen molar-refractivity contribution in [2.75, 3.05) is 6.54 Å². The molecule has 7 nitrogen and oxygen atoms in total. The number of nitrogens with zero attached hydrogens (tertiary/aromatic N) is 4. The van der Waals surface area contributed by atoms with E-state index in [-0.39, 0.29) is 24.2 Å². The van der Waals surface area contributed by atoms with Gasteiger partial charge in [-0.3, -0.25) is 4.79 Å². The molecule has 3 aromatic rings. The first-order chi connectivity index (χ1) is 13.2. The van der Waals surface area contributed by atoms with Gasteiger partial charge in [-0.1, -0.05) is 23.2 Å². The minimum absolute atomic E-state index is 0.0380. The van der Waals surface area contributed by atoms with Crippen LogP contribution in [-0.2, 0) is 11.2 Å². The third kappa shape index (κ3) is 3.89. The van der Waals surface area contributed by atoms with Crippen LogP contribution in [0.5, 0.6) is 0 Å². The molecule has 0 spiro atoms. The lowest BCUT2D eigenvalue weighted by molar-refractivity contribution is -0.133. The Balaban J connectivity index is 1.57. The van der Waals surface area contributed by atoms with Gasteiger partial charge in [-0.15, -0.1) is 0 Å². The summed E-state index contributed by atoms with van der Waals surface area (Å²) in [5, 5.41) is 7.92. The molecule has 0 saturated carbocycles. The van der Waals surface area contributed by atoms with Crippen molar-refractivity contribution in [3.8, 4) is 11.5 Å². The summed E-state index contributed by atoms with van der Waals surface area (Å²) in [5.41, 5.74) is 1.24. The van der Waals surface area contributed by atoms with Crippen molar-refractivity contribution in [2.45, 2.75) is 38.1 Å². The Morgan fingerprint density at radius 3 is 2.78 bits per heavy atom. The predicted molar refractivity (Wildman–Crippen MR) is 92.8 cm³/mol. The molecule has 1 saturated heterocycles. The van der Waals surface area contributed by atoms with E-state index in [1.807, 2.05) is 0 Å². The summed E-state index contributed by atoms with van der Waals surface area (Å²) in [7, 11) is 0. The molecule has 1 amide bonds. The molecule has 0 aliphatic carbocycles. The van der Waals surface area contributed by atoms with Crippen LogP contribution in [0.1, 0.15) is 43.2 Å². The zero-order valence-corrected chi connectivity index (χ0v) is 14.7. The van der Waals surface area contributed by atoms with Crippen molar-refractivity contribution in [3.05, 3.63) is 53.9 Å². The number of carbonyl (C=O) groups excluding carboxylic acids is 1. The van der Waals surface area contributed by atoms with E-state index in [0.29, 0.717) is 29.5 Å². The zero-order chi connectivity index (χ0) is 18.6. The van der Waals surface area contributed by atoms with Crippen molar-refractivity contribution in [3.63, 3.8) is 0 Å². The number of halogens is 1. The van der Waals surface area contributed by atoms with Crippen molar-refractivity contribution in [2.24, 2.45) is 0 Å². The monoisotopic (exact) mass is 370 g/mol. The summed E-state index contributed by atoms with van der Waals surface area (Å²) in [6.07, 6.45) is 5.37. The Labute approximate surface area is 155 Å². The topological polar surface area (TPSA) is 85.3 Å². The number of hydrogen-bond donors (Lipinski definition) is 0. The van der Waals surface area contributed by atoms with Crippen molar-refractivity contribution in [1.29, 1.82) is 0 Å². The van der Waals surface area contributed by atoms with Crippen LogP contribution < -0.4 is 0 Å². The molecule has 0 radical (unpaired) electrons. The van der Waals surface area contributed by atoms with Gasteiger partial charge in [0, 0.05) is 18.2 Å². The molecular weight excluding hydrogens is 351 g/mol. The van der Waals surface area contributed by atoms with Gasteiger partial charge in [0.1, 0.15) is 12.1 Å². The van der Waals surface area contributed by atoms with Crippen molar-refractivity contribution in [1.82, 2.24) is 20.2 Å². The number of carbonyl (C=O) groups is 1. The third-order valence-corrected chi connectivity index (χ3v) is 4.73. The van der Waals surface area contributed by atoms with Gasteiger partial charge in [-0.2, -0.15) is 4.98 Å². The van der Waals surface area contributed by atoms with Gasteiger partial charge in [0.05, 0.1) is 18.2 Å². The van der Waals surface area contributed by atoms with Crippen LogP contribution in [0.2, 0.25) is 0 Å². The van der Waals surface area contributed by atoms with Gasteiger partial charge in [-0.05, 0) is 37.1 Å². The van der Waals surface area contributed by atoms with E-state index >= 15 is 0 Å². The summed E-state index contributed by atoms with van der Waals surface area (Å²) >= 11 is 0. The first-order valence-electron chi connectivity index (χ1n) is 8.99. The van der Waals surface area contributed by atoms with E-state index in [1.54, 1.807) is 23.1 Å². The SMILES string of the molecule is O=C(Cc1ccon1)N1CCCCCC1c1noc(-c2ccc(F)cc2)n1. The normalized spacial score (nSPS) is 17.7. The molecule has 3 heterocycles. The standard InChI is InChI=1S/C19H19FN4O3/c20-14-7-5-13(6-8-14)19-21-18(23-27-19)16-4-2-1-3-10-24(16)17(25)12-15-9-11-26-22-15/h5-9,11,16H,1-4,10,12H2. The largest absolute Gasteiger partial charge is 0.364 e. The molecule has 8 heteroatoms. The lowest BCUT2D eigenvalue weighted by atomic mass is 10.1. The average Bonchev–Trinajstić information content (AvgIpc) is 3.30. The molecular formula is C19H19FN4O3. The average molecular weight is 370 g/mol. The number of aromatic nitrogens is 3. The smallest absolute Gasteiger partial charge is 0.258 e. The second-order valence-corrected chi connectivity index (χ2v) is 6.58. The van der Waals surface area contributed by atoms with Gasteiger partial charge in [0.15, 0.2) is 5.82 Å². The predicted octanol–water partition coefficient (Wildman–Crippen LogP) is 3.55. The minimum atomic E-state index is -0.327. The molecule has 1 unspecified atom stereocenters. The number of hydrogen-bond acceptors (Lipinski definition) is 6. The molecule has 2 aromatic heterocycles. The second kappa shape index (κ2) is 7.69. The maximum atomic E-state index is 13.1. The molecule has 1 aliphatic heterocycles. The summed E-state index contributed by atoms with van der Waals surface area (Å²) in [4.78, 5) is 19.1. The summed E-state index contributed by atoms with van der Waals surface area (Å²) in [5.74, 6) is 0.429. The summed E-state index contributed by atoms with van der Waals surface area (Å²) in [6, 6.07) is 7.31. The number of likely N-dealkylation sites (tertiary alicyclic amines) is 1. The van der Waals surface area contributed by atoms with Crippen LogP contribution in [0.3, 0.4) is 0 Å². The van der Waals surface area contributed by atoms with Crippen LogP contribution in [0.15, 0.2) is 45.6 Å². The highest BCUT2D eigenvalue weighted by atomic mass is 19.1. The van der Waals surface area contributed by atoms with Crippen molar-refractivity contribution >= 4 is 5.91 Å². The molecule has 27 heavy (non-hydrogen) atoms. The molecule has 1 aliphatic rings. The van der Waals surface area contributed by atoms with E-state index in [0.717, 1.165) is 25.7 Å². The van der Waals surface area contributed by atoms with Gasteiger partial charge in [0.2, 0.25) is 5.91 Å². The maximum absolute atomic E-state index is 13.1. The molecule has 0 N–H and O–H groups in total. The van der Waals surface area contributed by atoms with E-state index in [9.17, 15) is 9.18 Å².